The first-order chi connectivity index (χ1) is 5.41. The van der Waals surface area contributed by atoms with Crippen molar-refractivity contribution in [3.05, 3.63) is 0 Å². The van der Waals surface area contributed by atoms with Crippen molar-refractivity contribution in [2.45, 2.75) is 26.7 Å². The van der Waals surface area contributed by atoms with E-state index in [1.807, 2.05) is 13.8 Å². The molecule has 1 spiro atoms. The van der Waals surface area contributed by atoms with E-state index in [1.54, 1.807) is 0 Å². The zero-order chi connectivity index (χ0) is 8.16. The van der Waals surface area contributed by atoms with Crippen LogP contribution < -0.4 is 5.32 Å². The Morgan fingerprint density at radius 1 is 1.27 bits per heavy atom. The lowest BCUT2D eigenvalue weighted by molar-refractivity contribution is -0.122. The molecule has 2 fully saturated rings. The summed E-state index contributed by atoms with van der Waals surface area (Å²) in [5.41, 5.74) is 0.568. The van der Waals surface area contributed by atoms with Crippen molar-refractivity contribution in [2.75, 3.05) is 26.3 Å². The Bertz CT molecular complexity index is 102. The van der Waals surface area contributed by atoms with Gasteiger partial charge in [-0.05, 0) is 19.4 Å². The fraction of sp³-hybridized carbons (Fsp3) is 1.00. The van der Waals surface area contributed by atoms with Gasteiger partial charge in [-0.1, -0.05) is 13.8 Å². The molecule has 0 amide bonds. The Labute approximate surface area is 69.3 Å². The molecule has 2 heteroatoms. The molecule has 11 heavy (non-hydrogen) atoms. The maximum atomic E-state index is 5.18. The maximum absolute atomic E-state index is 5.18. The molecule has 0 aromatic heterocycles. The molecule has 2 nitrogen and oxygen atoms in total. The summed E-state index contributed by atoms with van der Waals surface area (Å²) in [4.78, 5) is 0. The van der Waals surface area contributed by atoms with E-state index in [4.69, 9.17) is 4.74 Å². The minimum atomic E-state index is 0.568. The highest BCUT2D eigenvalue weighted by atomic mass is 16.5. The number of hydrogen-bond donors (Lipinski definition) is 1. The predicted octanol–water partition coefficient (Wildman–Crippen LogP) is 1.41. The highest BCUT2D eigenvalue weighted by Crippen LogP contribution is 2.33. The molecule has 2 aliphatic rings. The first kappa shape index (κ1) is 9.01. The van der Waals surface area contributed by atoms with Crippen molar-refractivity contribution in [2.24, 2.45) is 5.41 Å². The molecule has 66 valence electrons. The van der Waals surface area contributed by atoms with Gasteiger partial charge >= 0.3 is 0 Å². The summed E-state index contributed by atoms with van der Waals surface area (Å²) < 4.78 is 5.18. The maximum Gasteiger partial charge on any atom is 0.0557 e. The van der Waals surface area contributed by atoms with Crippen molar-refractivity contribution in [3.63, 3.8) is 0 Å². The summed E-state index contributed by atoms with van der Waals surface area (Å²) in [5, 5.41) is 3.40. The van der Waals surface area contributed by atoms with E-state index >= 15 is 0 Å². The highest BCUT2D eigenvalue weighted by Gasteiger charge is 2.39. The van der Waals surface area contributed by atoms with Crippen LogP contribution in [0.2, 0.25) is 0 Å². The Morgan fingerprint density at radius 3 is 2.27 bits per heavy atom. The third-order valence-electron chi connectivity index (χ3n) is 2.38. The van der Waals surface area contributed by atoms with E-state index in [-0.39, 0.29) is 0 Å². The van der Waals surface area contributed by atoms with Crippen molar-refractivity contribution in [3.8, 4) is 0 Å². The van der Waals surface area contributed by atoms with Crippen LogP contribution in [0.4, 0.5) is 0 Å². The van der Waals surface area contributed by atoms with Crippen LogP contribution in [0.5, 0.6) is 0 Å². The fourth-order valence-corrected chi connectivity index (χ4v) is 1.67. The quantitative estimate of drug-likeness (QED) is 0.574. The third-order valence-corrected chi connectivity index (χ3v) is 2.38. The number of hydrogen-bond acceptors (Lipinski definition) is 2. The zero-order valence-corrected chi connectivity index (χ0v) is 7.65. The second kappa shape index (κ2) is 4.07. The van der Waals surface area contributed by atoms with Crippen LogP contribution in [0, 0.1) is 5.41 Å². The fourth-order valence-electron chi connectivity index (χ4n) is 1.67. The molecular formula is C9H19NO. The first-order valence-corrected chi connectivity index (χ1v) is 4.70. The van der Waals surface area contributed by atoms with E-state index < -0.39 is 0 Å². The summed E-state index contributed by atoms with van der Waals surface area (Å²) in [5.74, 6) is 0. The normalized spacial score (nSPS) is 26.7. The molecule has 1 N–H and O–H groups in total. The van der Waals surface area contributed by atoms with Crippen LogP contribution in [0.25, 0.3) is 0 Å². The summed E-state index contributed by atoms with van der Waals surface area (Å²) in [6.07, 6.45) is 2.71. The van der Waals surface area contributed by atoms with Crippen LogP contribution >= 0.6 is 0 Å². The van der Waals surface area contributed by atoms with Gasteiger partial charge in [-0.15, -0.1) is 0 Å². The monoisotopic (exact) mass is 157 g/mol. The molecule has 0 aliphatic carbocycles. The van der Waals surface area contributed by atoms with Crippen LogP contribution in [-0.4, -0.2) is 26.3 Å². The summed E-state index contributed by atoms with van der Waals surface area (Å²) in [6, 6.07) is 0. The molecule has 2 rings (SSSR count). The summed E-state index contributed by atoms with van der Waals surface area (Å²) in [6.45, 7) is 8.40. The highest BCUT2D eigenvalue weighted by molar-refractivity contribution is 4.90. The number of ether oxygens (including phenoxy) is 1. The molecule has 0 radical (unpaired) electrons. The average molecular weight is 157 g/mol. The largest absolute Gasteiger partial charge is 0.380 e. The Morgan fingerprint density at radius 2 is 2.00 bits per heavy atom. The van der Waals surface area contributed by atoms with Crippen molar-refractivity contribution < 1.29 is 4.74 Å². The Balaban J connectivity index is 0.000000281. The average Bonchev–Trinajstić information content (AvgIpc) is 2.07. The van der Waals surface area contributed by atoms with Crippen molar-refractivity contribution >= 4 is 0 Å². The van der Waals surface area contributed by atoms with Gasteiger partial charge in [-0.2, -0.15) is 0 Å². The second-order valence-electron chi connectivity index (χ2n) is 3.27. The lowest BCUT2D eigenvalue weighted by atomic mass is 9.79. The third kappa shape index (κ3) is 1.94. The molecule has 2 heterocycles. The standard InChI is InChI=1S/C7H13NO.C2H6/c1-2-7(4-8-3-1)5-9-6-7;1-2/h8H,1-6H2;1-2H3. The molecule has 0 bridgehead atoms. The van der Waals surface area contributed by atoms with Gasteiger partial charge in [0.2, 0.25) is 0 Å². The van der Waals surface area contributed by atoms with Gasteiger partial charge in [0, 0.05) is 12.0 Å². The second-order valence-corrected chi connectivity index (χ2v) is 3.27. The van der Waals surface area contributed by atoms with Crippen molar-refractivity contribution in [1.82, 2.24) is 5.32 Å². The predicted molar refractivity (Wildman–Crippen MR) is 46.7 cm³/mol. The van der Waals surface area contributed by atoms with E-state index in [0.717, 1.165) is 13.2 Å². The van der Waals surface area contributed by atoms with Gasteiger partial charge in [0.1, 0.15) is 0 Å². The van der Waals surface area contributed by atoms with Gasteiger partial charge in [-0.3, -0.25) is 0 Å². The first-order valence-electron chi connectivity index (χ1n) is 4.70. The summed E-state index contributed by atoms with van der Waals surface area (Å²) >= 11 is 0. The van der Waals surface area contributed by atoms with Crippen LogP contribution in [0.15, 0.2) is 0 Å². The van der Waals surface area contributed by atoms with Gasteiger partial charge in [0.05, 0.1) is 13.2 Å². The van der Waals surface area contributed by atoms with Crippen LogP contribution in [-0.2, 0) is 4.74 Å². The van der Waals surface area contributed by atoms with E-state index in [0.29, 0.717) is 5.41 Å². The van der Waals surface area contributed by atoms with Gasteiger partial charge in [0.25, 0.3) is 0 Å². The molecule has 0 saturated carbocycles. The molecule has 0 unspecified atom stereocenters. The number of rotatable bonds is 0. The van der Waals surface area contributed by atoms with E-state index in [2.05, 4.69) is 5.32 Å². The minimum absolute atomic E-state index is 0.568. The Hall–Kier alpha value is -0.0800. The van der Waals surface area contributed by atoms with Crippen molar-refractivity contribution in [1.29, 1.82) is 0 Å². The molecule has 0 aromatic rings. The number of nitrogens with one attached hydrogen (secondary N) is 1. The molecule has 2 saturated heterocycles. The lowest BCUT2D eigenvalue weighted by Gasteiger charge is -2.44. The number of piperidine rings is 1. The van der Waals surface area contributed by atoms with Crippen LogP contribution in [0.1, 0.15) is 26.7 Å². The molecular weight excluding hydrogens is 138 g/mol. The lowest BCUT2D eigenvalue weighted by Crippen LogP contribution is -2.52. The van der Waals surface area contributed by atoms with Gasteiger partial charge < -0.3 is 10.1 Å². The van der Waals surface area contributed by atoms with E-state index in [9.17, 15) is 0 Å². The topological polar surface area (TPSA) is 21.3 Å². The molecule has 2 aliphatic heterocycles. The van der Waals surface area contributed by atoms with Crippen LogP contribution in [0.3, 0.4) is 0 Å². The van der Waals surface area contributed by atoms with E-state index in [1.165, 1.54) is 25.9 Å². The SMILES string of the molecule is C1CNCC2(C1)COC2.CC. The Kier molecular flexibility index (Phi) is 3.34. The molecule has 0 atom stereocenters. The summed E-state index contributed by atoms with van der Waals surface area (Å²) in [7, 11) is 0. The minimum Gasteiger partial charge on any atom is -0.380 e. The van der Waals surface area contributed by atoms with Gasteiger partial charge in [0.15, 0.2) is 0 Å². The molecule has 0 aromatic carbocycles. The van der Waals surface area contributed by atoms with Gasteiger partial charge in [-0.25, -0.2) is 0 Å². The smallest absolute Gasteiger partial charge is 0.0557 e. The zero-order valence-electron chi connectivity index (χ0n) is 7.65.